The van der Waals surface area contributed by atoms with E-state index >= 15 is 0 Å². The van der Waals surface area contributed by atoms with Crippen molar-refractivity contribution < 1.29 is 13.2 Å². The van der Waals surface area contributed by atoms with Gasteiger partial charge in [-0.15, -0.1) is 11.3 Å². The molecule has 6 nitrogen and oxygen atoms in total. The Balaban J connectivity index is 1.65. The molecule has 0 spiro atoms. The first-order valence-electron chi connectivity index (χ1n) is 9.09. The molecule has 27 heavy (non-hydrogen) atoms. The van der Waals surface area contributed by atoms with Crippen LogP contribution in [0.5, 0.6) is 0 Å². The van der Waals surface area contributed by atoms with Gasteiger partial charge in [0, 0.05) is 31.5 Å². The van der Waals surface area contributed by atoms with E-state index in [0.29, 0.717) is 5.69 Å². The van der Waals surface area contributed by atoms with Gasteiger partial charge >= 0.3 is 0 Å². The Morgan fingerprint density at radius 3 is 2.85 bits per heavy atom. The van der Waals surface area contributed by atoms with Crippen LogP contribution in [0.4, 0.5) is 11.4 Å². The predicted octanol–water partition coefficient (Wildman–Crippen LogP) is 3.17. The average molecular weight is 408 g/mol. The second-order valence-electron chi connectivity index (χ2n) is 6.68. The molecule has 1 aromatic heterocycles. The maximum absolute atomic E-state index is 12.4. The van der Waals surface area contributed by atoms with Crippen molar-refractivity contribution in [1.29, 1.82) is 0 Å². The highest BCUT2D eigenvalue weighted by atomic mass is 32.2. The minimum atomic E-state index is -3.63. The third-order valence-electron chi connectivity index (χ3n) is 4.67. The van der Waals surface area contributed by atoms with Crippen LogP contribution in [0.2, 0.25) is 0 Å². The van der Waals surface area contributed by atoms with Gasteiger partial charge in [-0.2, -0.15) is 4.31 Å². The molecule has 0 bridgehead atoms. The highest BCUT2D eigenvalue weighted by Gasteiger charge is 2.24. The Morgan fingerprint density at radius 1 is 1.33 bits per heavy atom. The molecular formula is C19H25N3O3S2. The molecule has 0 fully saturated rings. The molecule has 1 N–H and O–H groups in total. The molecular weight excluding hydrogens is 382 g/mol. The number of benzene rings is 1. The first kappa shape index (κ1) is 19.9. The molecule has 0 saturated carbocycles. The van der Waals surface area contributed by atoms with Crippen LogP contribution in [0.3, 0.4) is 0 Å². The van der Waals surface area contributed by atoms with Crippen molar-refractivity contribution >= 4 is 38.6 Å². The molecule has 0 saturated heterocycles. The lowest BCUT2D eigenvalue weighted by atomic mass is 10.1. The van der Waals surface area contributed by atoms with Gasteiger partial charge in [0.1, 0.15) is 4.21 Å². The van der Waals surface area contributed by atoms with E-state index in [1.165, 1.54) is 18.3 Å². The summed E-state index contributed by atoms with van der Waals surface area (Å²) in [6.07, 6.45) is 3.31. The van der Waals surface area contributed by atoms with Gasteiger partial charge in [0.2, 0.25) is 5.91 Å². The number of fused-ring (bicyclic) bond motifs is 1. The highest BCUT2D eigenvalue weighted by Crippen LogP contribution is 2.31. The molecule has 1 aromatic carbocycles. The zero-order valence-corrected chi connectivity index (χ0v) is 17.3. The molecule has 146 valence electrons. The van der Waals surface area contributed by atoms with E-state index < -0.39 is 10.0 Å². The molecule has 2 heterocycles. The summed E-state index contributed by atoms with van der Waals surface area (Å²) in [5, 5.41) is 4.53. The van der Waals surface area contributed by atoms with Gasteiger partial charge in [0.15, 0.2) is 0 Å². The predicted molar refractivity (Wildman–Crippen MR) is 110 cm³/mol. The first-order valence-corrected chi connectivity index (χ1v) is 11.4. The van der Waals surface area contributed by atoms with E-state index in [9.17, 15) is 13.2 Å². The van der Waals surface area contributed by atoms with Gasteiger partial charge in [-0.05, 0) is 42.0 Å². The number of carbonyl (C=O) groups is 1. The van der Waals surface area contributed by atoms with Crippen molar-refractivity contribution in [2.24, 2.45) is 0 Å². The van der Waals surface area contributed by atoms with Crippen molar-refractivity contribution in [2.75, 3.05) is 36.9 Å². The summed E-state index contributed by atoms with van der Waals surface area (Å²) in [6, 6.07) is 9.14. The molecule has 0 atom stereocenters. The maximum Gasteiger partial charge on any atom is 0.252 e. The number of anilines is 2. The van der Waals surface area contributed by atoms with Crippen molar-refractivity contribution in [3.05, 3.63) is 41.3 Å². The lowest BCUT2D eigenvalue weighted by Gasteiger charge is -2.20. The molecule has 2 aromatic rings. The Hall–Kier alpha value is -1.90. The SMILES string of the molecule is CCCCN1CCc2ccc(NC(=O)CN(C)S(=O)(=O)c3cccs3)cc21. The molecule has 3 rings (SSSR count). The van der Waals surface area contributed by atoms with Gasteiger partial charge in [0.05, 0.1) is 6.54 Å². The van der Waals surface area contributed by atoms with E-state index in [1.54, 1.807) is 17.5 Å². The Labute approximate surface area is 164 Å². The van der Waals surface area contributed by atoms with Crippen molar-refractivity contribution in [3.63, 3.8) is 0 Å². The Morgan fingerprint density at radius 2 is 2.15 bits per heavy atom. The molecule has 1 aliphatic rings. The zero-order valence-electron chi connectivity index (χ0n) is 15.6. The van der Waals surface area contributed by atoms with Crippen LogP contribution in [-0.2, 0) is 21.2 Å². The fourth-order valence-electron chi connectivity index (χ4n) is 3.16. The van der Waals surface area contributed by atoms with Gasteiger partial charge in [-0.25, -0.2) is 8.42 Å². The number of carbonyl (C=O) groups excluding carboxylic acids is 1. The zero-order chi connectivity index (χ0) is 19.4. The number of hydrogen-bond donors (Lipinski definition) is 1. The third kappa shape index (κ3) is 4.51. The van der Waals surface area contributed by atoms with E-state index in [2.05, 4.69) is 17.1 Å². The Kier molecular flexibility index (Phi) is 6.18. The van der Waals surface area contributed by atoms with E-state index in [0.717, 1.165) is 48.0 Å². The number of amides is 1. The summed E-state index contributed by atoms with van der Waals surface area (Å²) < 4.78 is 26.2. The van der Waals surface area contributed by atoms with Gasteiger partial charge < -0.3 is 10.2 Å². The van der Waals surface area contributed by atoms with Crippen LogP contribution in [-0.4, -0.2) is 45.3 Å². The number of thiophene rings is 1. The number of hydrogen-bond acceptors (Lipinski definition) is 5. The standard InChI is InChI=1S/C19H25N3O3S2/c1-3-4-10-22-11-9-15-7-8-16(13-17(15)22)20-18(23)14-21(2)27(24,25)19-6-5-12-26-19/h5-8,12-13H,3-4,9-11,14H2,1-2H3,(H,20,23). The number of unbranched alkanes of at least 4 members (excludes halogenated alkanes) is 1. The number of nitrogens with zero attached hydrogens (tertiary/aromatic N) is 2. The normalized spacial score (nSPS) is 13.8. The summed E-state index contributed by atoms with van der Waals surface area (Å²) in [4.78, 5) is 14.7. The monoisotopic (exact) mass is 407 g/mol. The minimum Gasteiger partial charge on any atom is -0.371 e. The lowest BCUT2D eigenvalue weighted by Crippen LogP contribution is -2.34. The van der Waals surface area contributed by atoms with Crippen molar-refractivity contribution in [3.8, 4) is 0 Å². The van der Waals surface area contributed by atoms with Crippen LogP contribution in [0.15, 0.2) is 39.9 Å². The number of sulfonamides is 1. The summed E-state index contributed by atoms with van der Waals surface area (Å²) in [7, 11) is -2.21. The molecule has 8 heteroatoms. The quantitative estimate of drug-likeness (QED) is 0.730. The van der Waals surface area contributed by atoms with Crippen LogP contribution < -0.4 is 10.2 Å². The summed E-state index contributed by atoms with van der Waals surface area (Å²) >= 11 is 1.14. The fraction of sp³-hybridized carbons (Fsp3) is 0.421. The van der Waals surface area contributed by atoms with E-state index in [-0.39, 0.29) is 16.7 Å². The van der Waals surface area contributed by atoms with Crippen LogP contribution >= 0.6 is 11.3 Å². The second kappa shape index (κ2) is 8.41. The number of rotatable bonds is 8. The lowest BCUT2D eigenvalue weighted by molar-refractivity contribution is -0.116. The molecule has 0 unspecified atom stereocenters. The molecule has 0 radical (unpaired) electrons. The topological polar surface area (TPSA) is 69.7 Å². The van der Waals surface area contributed by atoms with Crippen molar-refractivity contribution in [1.82, 2.24) is 4.31 Å². The number of likely N-dealkylation sites (N-methyl/N-ethyl adjacent to an activating group) is 1. The highest BCUT2D eigenvalue weighted by molar-refractivity contribution is 7.91. The van der Waals surface area contributed by atoms with Crippen LogP contribution in [0.25, 0.3) is 0 Å². The van der Waals surface area contributed by atoms with Gasteiger partial charge in [-0.3, -0.25) is 4.79 Å². The van der Waals surface area contributed by atoms with Crippen LogP contribution in [0.1, 0.15) is 25.3 Å². The minimum absolute atomic E-state index is 0.225. The van der Waals surface area contributed by atoms with Gasteiger partial charge in [0.25, 0.3) is 10.0 Å². The molecule has 0 aliphatic carbocycles. The molecule has 1 amide bonds. The number of nitrogens with one attached hydrogen (secondary N) is 1. The first-order chi connectivity index (χ1) is 12.9. The smallest absolute Gasteiger partial charge is 0.252 e. The fourth-order valence-corrected chi connectivity index (χ4v) is 5.48. The summed E-state index contributed by atoms with van der Waals surface area (Å²) in [5.41, 5.74) is 3.16. The maximum atomic E-state index is 12.4. The molecule has 1 aliphatic heterocycles. The summed E-state index contributed by atoms with van der Waals surface area (Å²) in [5.74, 6) is -0.351. The summed E-state index contributed by atoms with van der Waals surface area (Å²) in [6.45, 7) is 3.97. The van der Waals surface area contributed by atoms with E-state index in [1.807, 2.05) is 18.2 Å². The van der Waals surface area contributed by atoms with Crippen LogP contribution in [0, 0.1) is 0 Å². The largest absolute Gasteiger partial charge is 0.371 e. The van der Waals surface area contributed by atoms with E-state index in [4.69, 9.17) is 0 Å². The Bertz CT molecular complexity index is 895. The van der Waals surface area contributed by atoms with Crippen molar-refractivity contribution in [2.45, 2.75) is 30.4 Å². The average Bonchev–Trinajstić information content (AvgIpc) is 3.30. The third-order valence-corrected chi connectivity index (χ3v) is 7.84. The second-order valence-corrected chi connectivity index (χ2v) is 9.89. The van der Waals surface area contributed by atoms with Gasteiger partial charge in [-0.1, -0.05) is 25.5 Å².